The highest BCUT2D eigenvalue weighted by molar-refractivity contribution is 8.13. The molecule has 0 bridgehead atoms. The van der Waals surface area contributed by atoms with Crippen LogP contribution < -0.4 is 5.06 Å². The van der Waals surface area contributed by atoms with E-state index in [2.05, 4.69) is 0 Å². The Kier molecular flexibility index (Phi) is 5.84. The van der Waals surface area contributed by atoms with E-state index in [4.69, 9.17) is 4.84 Å². The van der Waals surface area contributed by atoms with Crippen molar-refractivity contribution in [3.05, 3.63) is 53.9 Å². The number of aliphatic hydroxyl groups is 1. The first-order valence-corrected chi connectivity index (χ1v) is 14.2. The summed E-state index contributed by atoms with van der Waals surface area (Å²) < 4.78 is 60.7. The van der Waals surface area contributed by atoms with Gasteiger partial charge in [-0.1, -0.05) is 31.7 Å². The van der Waals surface area contributed by atoms with Crippen molar-refractivity contribution >= 4 is 28.3 Å². The van der Waals surface area contributed by atoms with Gasteiger partial charge in [0, 0.05) is 22.7 Å². The third-order valence-electron chi connectivity index (χ3n) is 11.0. The number of hydroxylamine groups is 1. The largest absolute Gasteiger partial charge is 0.390 e. The van der Waals surface area contributed by atoms with E-state index in [1.807, 2.05) is 6.92 Å². The van der Waals surface area contributed by atoms with Crippen molar-refractivity contribution in [1.82, 2.24) is 0 Å². The first kappa shape index (κ1) is 27.0. The molecule has 5 aliphatic rings. The number of alkyl halides is 3. The zero-order chi connectivity index (χ0) is 28.2. The predicted octanol–water partition coefficient (Wildman–Crippen LogP) is 5.44. The van der Waals surface area contributed by atoms with Crippen LogP contribution in [0.4, 0.5) is 23.2 Å². The molecule has 1 aliphatic heterocycles. The molecule has 210 valence electrons. The van der Waals surface area contributed by atoms with Crippen molar-refractivity contribution in [3.8, 4) is 0 Å². The van der Waals surface area contributed by atoms with Gasteiger partial charge in [-0.3, -0.25) is 19.5 Å². The number of allylic oxidation sites excluding steroid dienone is 4. The number of aliphatic hydroxyl groups excluding tert-OH is 1. The smallest absolute Gasteiger partial charge is 0.226 e. The van der Waals surface area contributed by atoms with Gasteiger partial charge in [0.05, 0.1) is 18.3 Å². The van der Waals surface area contributed by atoms with Crippen LogP contribution in [0, 0.1) is 33.9 Å². The third-order valence-corrected chi connectivity index (χ3v) is 11.7. The number of hydrogen-bond acceptors (Lipinski definition) is 6. The molecule has 1 heterocycles. The maximum Gasteiger partial charge on any atom is 0.226 e. The van der Waals surface area contributed by atoms with Crippen molar-refractivity contribution in [2.24, 2.45) is 28.1 Å². The van der Waals surface area contributed by atoms with Gasteiger partial charge < -0.3 is 5.11 Å². The quantitative estimate of drug-likeness (QED) is 0.493. The van der Waals surface area contributed by atoms with Gasteiger partial charge in [-0.25, -0.2) is 17.6 Å². The molecule has 4 fully saturated rings. The van der Waals surface area contributed by atoms with Crippen LogP contribution in [-0.4, -0.2) is 52.1 Å². The Labute approximate surface area is 228 Å². The second-order valence-electron chi connectivity index (χ2n) is 12.3. The molecule has 1 N–H and O–H groups in total. The molecule has 5 nitrogen and oxygen atoms in total. The Balaban J connectivity index is 1.49. The molecule has 0 amide bonds. The van der Waals surface area contributed by atoms with Gasteiger partial charge in [0.2, 0.25) is 5.12 Å². The van der Waals surface area contributed by atoms with Crippen LogP contribution in [-0.2, 0) is 14.4 Å². The van der Waals surface area contributed by atoms with E-state index in [0.717, 1.165) is 6.08 Å². The van der Waals surface area contributed by atoms with Gasteiger partial charge in [0.1, 0.15) is 18.0 Å². The number of ketones is 1. The molecule has 10 heteroatoms. The lowest BCUT2D eigenvalue weighted by Crippen LogP contribution is -2.73. The third kappa shape index (κ3) is 3.11. The number of carbonyl (C=O) groups is 2. The lowest BCUT2D eigenvalue weighted by atomic mass is 9.40. The normalized spacial score (nSPS) is 46.3. The van der Waals surface area contributed by atoms with Gasteiger partial charge in [0.25, 0.3) is 0 Å². The monoisotopic (exact) mass is 565 g/mol. The molecule has 0 spiro atoms. The maximum absolute atomic E-state index is 17.7. The van der Waals surface area contributed by atoms with E-state index < -0.39 is 74.3 Å². The Bertz CT molecular complexity index is 1310. The number of carbonyl (C=O) groups excluding carboxylic acids is 2. The van der Waals surface area contributed by atoms with E-state index >= 15 is 8.78 Å². The SMILES string of the molecule is C[C@]12C[C@H](O)[C@@]3(F)[C@@H](C[C@H](F)C4=CC(=O)C=C[C@@]43C)[C@]1(C)C[C@H]1CN(c3ccc(F)cc3)O[C@]12C(=O)SCF. The first-order chi connectivity index (χ1) is 18.3. The minimum absolute atomic E-state index is 0.0238. The molecular formula is C29H31F4NO4S. The average molecular weight is 566 g/mol. The zero-order valence-electron chi connectivity index (χ0n) is 21.9. The van der Waals surface area contributed by atoms with E-state index in [-0.39, 0.29) is 31.4 Å². The Hall–Kier alpha value is -2.17. The summed E-state index contributed by atoms with van der Waals surface area (Å²) in [6.07, 6.45) is 0.310. The molecule has 6 rings (SSSR count). The number of rotatable bonds is 3. The molecule has 4 aliphatic carbocycles. The number of thioether (sulfide) groups is 1. The summed E-state index contributed by atoms with van der Waals surface area (Å²) in [6, 6.07) is 4.57. The standard InChI is InChI=1S/C29H31F4NO4S/c1-25-9-8-19(35)10-20(25)21(32)11-22-26(2)12-16-14-34(18-6-4-17(31)5-7-18)38-29(16,24(37)39-15-30)27(26,3)13-23(36)28(22,25)33/h4-10,16,21-23,36H,11-15H2,1-3H3/t16-,21-,22-,23-,25-,26-,27-,28-,29-/m0/s1. The van der Waals surface area contributed by atoms with Crippen LogP contribution in [0.1, 0.15) is 40.0 Å². The number of nitrogens with zero attached hydrogens (tertiary/aromatic N) is 1. The summed E-state index contributed by atoms with van der Waals surface area (Å²) >= 11 is 0.472. The summed E-state index contributed by atoms with van der Waals surface area (Å²) in [4.78, 5) is 32.4. The van der Waals surface area contributed by atoms with Gasteiger partial charge in [-0.15, -0.1) is 0 Å². The maximum atomic E-state index is 17.7. The highest BCUT2D eigenvalue weighted by Crippen LogP contribution is 2.78. The summed E-state index contributed by atoms with van der Waals surface area (Å²) in [7, 11) is 0. The van der Waals surface area contributed by atoms with Crippen LogP contribution in [0.25, 0.3) is 0 Å². The summed E-state index contributed by atoms with van der Waals surface area (Å²) in [5.74, 6) is -2.41. The van der Waals surface area contributed by atoms with Gasteiger partial charge in [-0.2, -0.15) is 0 Å². The lowest BCUT2D eigenvalue weighted by Gasteiger charge is -2.67. The van der Waals surface area contributed by atoms with Gasteiger partial charge in [0.15, 0.2) is 17.1 Å². The molecule has 1 aromatic rings. The summed E-state index contributed by atoms with van der Waals surface area (Å²) in [5, 5.41) is 12.6. The number of fused-ring (bicyclic) bond motifs is 7. The van der Waals surface area contributed by atoms with Crippen molar-refractivity contribution in [3.63, 3.8) is 0 Å². The number of anilines is 1. The van der Waals surface area contributed by atoms with Crippen LogP contribution in [0.5, 0.6) is 0 Å². The van der Waals surface area contributed by atoms with Crippen molar-refractivity contribution in [1.29, 1.82) is 0 Å². The number of halogens is 4. The topological polar surface area (TPSA) is 66.8 Å². The van der Waals surface area contributed by atoms with E-state index in [0.29, 0.717) is 17.4 Å². The number of benzene rings is 1. The van der Waals surface area contributed by atoms with Crippen LogP contribution >= 0.6 is 11.8 Å². The Morgan fingerprint density at radius 1 is 1.21 bits per heavy atom. The van der Waals surface area contributed by atoms with E-state index in [1.165, 1.54) is 48.4 Å². The molecule has 0 aromatic heterocycles. The fourth-order valence-corrected chi connectivity index (χ4v) is 9.71. The zero-order valence-corrected chi connectivity index (χ0v) is 22.7. The molecule has 3 saturated carbocycles. The van der Waals surface area contributed by atoms with Crippen LogP contribution in [0.15, 0.2) is 48.1 Å². The molecule has 1 saturated heterocycles. The van der Waals surface area contributed by atoms with Gasteiger partial charge >= 0.3 is 0 Å². The molecule has 0 radical (unpaired) electrons. The molecule has 39 heavy (non-hydrogen) atoms. The van der Waals surface area contributed by atoms with E-state index in [1.54, 1.807) is 6.92 Å². The molecular weight excluding hydrogens is 534 g/mol. The second-order valence-corrected chi connectivity index (χ2v) is 13.2. The minimum atomic E-state index is -2.32. The average Bonchev–Trinajstić information content (AvgIpc) is 3.34. The van der Waals surface area contributed by atoms with Crippen LogP contribution in [0.2, 0.25) is 0 Å². The summed E-state index contributed by atoms with van der Waals surface area (Å²) in [6.45, 7) is 5.33. The first-order valence-electron chi connectivity index (χ1n) is 13.2. The summed E-state index contributed by atoms with van der Waals surface area (Å²) in [5.41, 5.74) is -7.21. The highest BCUT2D eigenvalue weighted by Gasteiger charge is 2.83. The van der Waals surface area contributed by atoms with Crippen molar-refractivity contribution in [2.45, 2.75) is 63.6 Å². The second kappa shape index (κ2) is 8.42. The minimum Gasteiger partial charge on any atom is -0.390 e. The lowest BCUT2D eigenvalue weighted by molar-refractivity contribution is -0.254. The van der Waals surface area contributed by atoms with E-state index in [9.17, 15) is 23.5 Å². The van der Waals surface area contributed by atoms with Crippen molar-refractivity contribution < 1.29 is 37.1 Å². The highest BCUT2D eigenvalue weighted by atomic mass is 32.2. The fraction of sp³-hybridized carbons (Fsp3) is 0.586. The Morgan fingerprint density at radius 2 is 1.90 bits per heavy atom. The van der Waals surface area contributed by atoms with Gasteiger partial charge in [-0.05, 0) is 73.6 Å². The number of hydrogen-bond donors (Lipinski definition) is 1. The molecule has 1 aromatic carbocycles. The molecule has 0 unspecified atom stereocenters. The Morgan fingerprint density at radius 3 is 2.56 bits per heavy atom. The predicted molar refractivity (Wildman–Crippen MR) is 138 cm³/mol. The van der Waals surface area contributed by atoms with Crippen molar-refractivity contribution in [2.75, 3.05) is 17.6 Å². The van der Waals surface area contributed by atoms with Crippen LogP contribution in [0.3, 0.4) is 0 Å². The molecule has 9 atom stereocenters. The fourth-order valence-electron chi connectivity index (χ4n) is 8.96.